The number of anilines is 1. The molecule has 4 bridgehead atoms. The highest BCUT2D eigenvalue weighted by molar-refractivity contribution is 7.80. The van der Waals surface area contributed by atoms with E-state index in [9.17, 15) is 4.79 Å². The third-order valence-corrected chi connectivity index (χ3v) is 7.70. The van der Waals surface area contributed by atoms with Gasteiger partial charge in [-0.05, 0) is 80.5 Å². The zero-order valence-corrected chi connectivity index (χ0v) is 16.5. The van der Waals surface area contributed by atoms with Crippen LogP contribution in [0, 0.1) is 23.7 Å². The van der Waals surface area contributed by atoms with Crippen molar-refractivity contribution in [3.8, 4) is 0 Å². The first-order valence-corrected chi connectivity index (χ1v) is 10.6. The maximum atomic E-state index is 12.0. The minimum Gasteiger partial charge on any atom is -0.465 e. The van der Waals surface area contributed by atoms with Gasteiger partial charge in [-0.25, -0.2) is 4.79 Å². The fourth-order valence-corrected chi connectivity index (χ4v) is 6.71. The Kier molecular flexibility index (Phi) is 4.75. The van der Waals surface area contributed by atoms with Crippen molar-refractivity contribution in [2.45, 2.75) is 51.5 Å². The van der Waals surface area contributed by atoms with Crippen LogP contribution in [0.3, 0.4) is 0 Å². The summed E-state index contributed by atoms with van der Waals surface area (Å²) in [6.07, 6.45) is 7.80. The van der Waals surface area contributed by atoms with Gasteiger partial charge < -0.3 is 15.4 Å². The van der Waals surface area contributed by atoms with Gasteiger partial charge in [0.15, 0.2) is 5.11 Å². The maximum Gasteiger partial charge on any atom is 0.340 e. The van der Waals surface area contributed by atoms with Crippen LogP contribution in [0.15, 0.2) is 6.07 Å². The molecule has 6 heteroatoms. The van der Waals surface area contributed by atoms with E-state index in [-0.39, 0.29) is 5.97 Å². The predicted molar refractivity (Wildman–Crippen MR) is 105 cm³/mol. The van der Waals surface area contributed by atoms with Crippen molar-refractivity contribution in [1.29, 1.82) is 0 Å². The number of thiophene rings is 1. The molecule has 4 aliphatic rings. The summed E-state index contributed by atoms with van der Waals surface area (Å²) < 4.78 is 4.91. The molecule has 5 rings (SSSR count). The van der Waals surface area contributed by atoms with Crippen LogP contribution in [0.5, 0.6) is 0 Å². The predicted octanol–water partition coefficient (Wildman–Crippen LogP) is 4.21. The van der Waals surface area contributed by atoms with Crippen LogP contribution in [0.2, 0.25) is 0 Å². The fraction of sp³-hybridized carbons (Fsp3) is 0.684. The van der Waals surface area contributed by atoms with E-state index >= 15 is 0 Å². The van der Waals surface area contributed by atoms with Gasteiger partial charge in [0.05, 0.1) is 12.7 Å². The topological polar surface area (TPSA) is 50.4 Å². The molecule has 0 saturated heterocycles. The first-order valence-electron chi connectivity index (χ1n) is 9.35. The van der Waals surface area contributed by atoms with Crippen molar-refractivity contribution in [2.75, 3.05) is 12.4 Å². The molecule has 2 N–H and O–H groups in total. The molecule has 0 atom stereocenters. The van der Waals surface area contributed by atoms with Crippen LogP contribution in [0.1, 0.15) is 54.3 Å². The summed E-state index contributed by atoms with van der Waals surface area (Å²) in [7, 11) is 1.42. The van der Waals surface area contributed by atoms with E-state index < -0.39 is 0 Å². The van der Waals surface area contributed by atoms with Crippen molar-refractivity contribution in [1.82, 2.24) is 5.32 Å². The summed E-state index contributed by atoms with van der Waals surface area (Å²) in [4.78, 5) is 13.2. The van der Waals surface area contributed by atoms with Crippen LogP contribution in [0.4, 0.5) is 5.00 Å². The van der Waals surface area contributed by atoms with Crippen LogP contribution in [-0.4, -0.2) is 24.2 Å². The van der Waals surface area contributed by atoms with Crippen molar-refractivity contribution >= 4 is 39.6 Å². The normalized spacial score (nSPS) is 32.5. The molecule has 0 amide bonds. The summed E-state index contributed by atoms with van der Waals surface area (Å²) in [5, 5.41) is 8.32. The number of methoxy groups -OCH3 is 1. The molecule has 0 unspecified atom stereocenters. The SMILES string of the molecule is CCc1cc(C(=O)OC)c(NC(=S)NC2C3CC4CC(C3)CC2C4)s1. The second kappa shape index (κ2) is 6.88. The average molecular weight is 379 g/mol. The lowest BCUT2D eigenvalue weighted by molar-refractivity contribution is -0.00665. The Hall–Kier alpha value is -1.14. The Labute approximate surface area is 158 Å². The van der Waals surface area contributed by atoms with E-state index in [0.717, 1.165) is 40.0 Å². The maximum absolute atomic E-state index is 12.0. The third kappa shape index (κ3) is 3.31. The van der Waals surface area contributed by atoms with E-state index in [0.29, 0.717) is 16.7 Å². The van der Waals surface area contributed by atoms with Gasteiger partial charge in [-0.2, -0.15) is 0 Å². The summed E-state index contributed by atoms with van der Waals surface area (Å²) in [6.45, 7) is 2.09. The number of rotatable bonds is 4. The standard InChI is InChI=1S/C19H26N2O2S2/c1-3-14-9-15(18(22)23-2)17(25-14)21-19(24)20-16-12-5-10-4-11(7-12)8-13(16)6-10/h9-13,16H,3-8H2,1-2H3,(H2,20,21,24). The van der Waals surface area contributed by atoms with E-state index in [2.05, 4.69) is 17.6 Å². The quantitative estimate of drug-likeness (QED) is 0.607. The molecule has 0 spiro atoms. The first-order chi connectivity index (χ1) is 12.1. The van der Waals surface area contributed by atoms with Gasteiger partial charge >= 0.3 is 5.97 Å². The largest absolute Gasteiger partial charge is 0.465 e. The second-order valence-corrected chi connectivity index (χ2v) is 9.40. The van der Waals surface area contributed by atoms with Gasteiger partial charge in [0.25, 0.3) is 0 Å². The van der Waals surface area contributed by atoms with Crippen LogP contribution < -0.4 is 10.6 Å². The summed E-state index contributed by atoms with van der Waals surface area (Å²) in [5.41, 5.74) is 0.582. The van der Waals surface area contributed by atoms with E-state index in [1.54, 1.807) is 11.3 Å². The number of carbonyl (C=O) groups excluding carboxylic acids is 1. The van der Waals surface area contributed by atoms with Crippen LogP contribution in [0.25, 0.3) is 0 Å². The number of aryl methyl sites for hydroxylation is 1. The molecule has 136 valence electrons. The zero-order chi connectivity index (χ0) is 17.6. The fourth-order valence-electron chi connectivity index (χ4n) is 5.42. The molecular weight excluding hydrogens is 352 g/mol. The van der Waals surface area contributed by atoms with Gasteiger partial charge in [-0.1, -0.05) is 6.92 Å². The monoisotopic (exact) mass is 378 g/mol. The Morgan fingerprint density at radius 3 is 2.44 bits per heavy atom. The lowest BCUT2D eigenvalue weighted by Crippen LogP contribution is -2.56. The van der Waals surface area contributed by atoms with Gasteiger partial charge in [0.1, 0.15) is 5.00 Å². The summed E-state index contributed by atoms with van der Waals surface area (Å²) in [5.74, 6) is 3.14. The molecule has 1 aromatic rings. The second-order valence-electron chi connectivity index (χ2n) is 7.86. The molecule has 4 saturated carbocycles. The van der Waals surface area contributed by atoms with Crippen molar-refractivity contribution in [3.63, 3.8) is 0 Å². The van der Waals surface area contributed by atoms with E-state index in [4.69, 9.17) is 17.0 Å². The molecule has 4 nitrogen and oxygen atoms in total. The highest BCUT2D eigenvalue weighted by atomic mass is 32.1. The number of hydrogen-bond donors (Lipinski definition) is 2. The van der Waals surface area contributed by atoms with Crippen molar-refractivity contribution in [3.05, 3.63) is 16.5 Å². The highest BCUT2D eigenvalue weighted by Crippen LogP contribution is 2.53. The first kappa shape index (κ1) is 17.3. The number of hydrogen-bond acceptors (Lipinski definition) is 4. The summed E-state index contributed by atoms with van der Waals surface area (Å²) >= 11 is 7.18. The Morgan fingerprint density at radius 2 is 1.88 bits per heavy atom. The van der Waals surface area contributed by atoms with Gasteiger partial charge in [0.2, 0.25) is 0 Å². The third-order valence-electron chi connectivity index (χ3n) is 6.29. The zero-order valence-electron chi connectivity index (χ0n) is 14.8. The molecule has 1 aromatic heterocycles. The number of thiocarbonyl (C=S) groups is 1. The Balaban J connectivity index is 1.44. The minimum atomic E-state index is -0.309. The molecule has 0 radical (unpaired) electrons. The van der Waals surface area contributed by atoms with Crippen LogP contribution >= 0.6 is 23.6 Å². The summed E-state index contributed by atoms with van der Waals surface area (Å²) in [6, 6.07) is 2.41. The average Bonchev–Trinajstić information content (AvgIpc) is 2.99. The number of nitrogens with one attached hydrogen (secondary N) is 2. The molecule has 0 aromatic carbocycles. The number of ether oxygens (including phenoxy) is 1. The molecule has 1 heterocycles. The van der Waals surface area contributed by atoms with E-state index in [1.165, 1.54) is 39.2 Å². The lowest BCUT2D eigenvalue weighted by atomic mass is 9.54. The van der Waals surface area contributed by atoms with Crippen LogP contribution in [-0.2, 0) is 11.2 Å². The molecule has 4 aliphatic carbocycles. The molecule has 0 aliphatic heterocycles. The van der Waals surface area contributed by atoms with Crippen molar-refractivity contribution in [2.24, 2.45) is 23.7 Å². The Morgan fingerprint density at radius 1 is 1.24 bits per heavy atom. The van der Waals surface area contributed by atoms with Gasteiger partial charge in [-0.15, -0.1) is 11.3 Å². The number of esters is 1. The Bertz CT molecular complexity index is 657. The van der Waals surface area contributed by atoms with Gasteiger partial charge in [0, 0.05) is 10.9 Å². The van der Waals surface area contributed by atoms with E-state index in [1.807, 2.05) is 6.07 Å². The number of carbonyl (C=O) groups is 1. The molecule has 25 heavy (non-hydrogen) atoms. The molecule has 4 fully saturated rings. The van der Waals surface area contributed by atoms with Gasteiger partial charge in [-0.3, -0.25) is 0 Å². The minimum absolute atomic E-state index is 0.309. The highest BCUT2D eigenvalue weighted by Gasteiger charge is 2.48. The smallest absolute Gasteiger partial charge is 0.340 e. The lowest BCUT2D eigenvalue weighted by Gasteiger charge is -2.54. The van der Waals surface area contributed by atoms with Crippen molar-refractivity contribution < 1.29 is 9.53 Å². The molecular formula is C19H26N2O2S2.